The number of fused-ring (bicyclic) bond motifs is 1. The minimum Gasteiger partial charge on any atom is -0.339 e. The number of hydrogen-bond donors (Lipinski definition) is 2. The smallest absolute Gasteiger partial charge is 0.229 e. The molecule has 1 aromatic heterocycles. The van der Waals surface area contributed by atoms with E-state index in [2.05, 4.69) is 62.6 Å². The topological polar surface area (TPSA) is 66.9 Å². The molecule has 5 nitrogen and oxygen atoms in total. The molecule has 0 aliphatic heterocycles. The monoisotopic (exact) mass is 400 g/mol. The number of hydrogen-bond acceptors (Lipinski definition) is 5. The fourth-order valence-corrected chi connectivity index (χ4v) is 4.15. The van der Waals surface area contributed by atoms with E-state index in [1.807, 2.05) is 25.1 Å². The van der Waals surface area contributed by atoms with E-state index >= 15 is 0 Å². The van der Waals surface area contributed by atoms with Crippen molar-refractivity contribution in [2.75, 3.05) is 10.6 Å². The van der Waals surface area contributed by atoms with Crippen molar-refractivity contribution in [3.8, 4) is 0 Å². The average Bonchev–Trinajstić information content (AvgIpc) is 2.59. The maximum atomic E-state index is 13.0. The fourth-order valence-electron chi connectivity index (χ4n) is 4.15. The van der Waals surface area contributed by atoms with E-state index in [4.69, 9.17) is 9.97 Å². The number of aryl methyl sites for hydroxylation is 3. The number of anilines is 4. The van der Waals surface area contributed by atoms with E-state index in [1.165, 1.54) is 0 Å². The van der Waals surface area contributed by atoms with Crippen LogP contribution in [0, 0.1) is 26.2 Å². The molecule has 0 bridgehead atoms. The molecule has 2 N–H and O–H groups in total. The molecule has 0 atom stereocenters. The Hall–Kier alpha value is -3.21. The Morgan fingerprint density at radius 1 is 0.833 bits per heavy atom. The number of nitrogens with zero attached hydrogens (tertiary/aromatic N) is 2. The molecule has 0 amide bonds. The van der Waals surface area contributed by atoms with Crippen LogP contribution in [0.3, 0.4) is 0 Å². The molecule has 0 saturated carbocycles. The number of carbonyl (C=O) groups excluding carboxylic acids is 1. The lowest BCUT2D eigenvalue weighted by molar-refractivity contribution is 0.0911. The highest BCUT2D eigenvalue weighted by Gasteiger charge is 2.35. The normalized spacial score (nSPS) is 14.9. The molecule has 0 unspecified atom stereocenters. The van der Waals surface area contributed by atoms with Crippen LogP contribution in [0.15, 0.2) is 42.5 Å². The molecule has 0 spiro atoms. The zero-order valence-electron chi connectivity index (χ0n) is 18.3. The van der Waals surface area contributed by atoms with E-state index in [1.54, 1.807) is 0 Å². The Bertz CT molecular complexity index is 1110. The number of carbonyl (C=O) groups is 1. The number of aromatic nitrogens is 2. The molecule has 2 aromatic carbocycles. The third kappa shape index (κ3) is 4.35. The minimum absolute atomic E-state index is 0.0928. The predicted octanol–water partition coefficient (Wildman–Crippen LogP) is 6.04. The third-order valence-corrected chi connectivity index (χ3v) is 5.31. The van der Waals surface area contributed by atoms with Crippen molar-refractivity contribution in [2.45, 2.75) is 47.5 Å². The van der Waals surface area contributed by atoms with Gasteiger partial charge in [-0.25, -0.2) is 4.98 Å². The lowest BCUT2D eigenvalue weighted by Gasteiger charge is -2.30. The molecule has 0 fully saturated rings. The highest BCUT2D eigenvalue weighted by molar-refractivity contribution is 6.03. The number of ketones is 1. The largest absolute Gasteiger partial charge is 0.339 e. The van der Waals surface area contributed by atoms with Gasteiger partial charge in [-0.2, -0.15) is 4.98 Å². The Balaban J connectivity index is 1.79. The summed E-state index contributed by atoms with van der Waals surface area (Å²) in [4.78, 5) is 22.5. The molecule has 4 rings (SSSR count). The van der Waals surface area contributed by atoms with Gasteiger partial charge in [-0.1, -0.05) is 32.0 Å². The molecule has 5 heteroatoms. The highest BCUT2D eigenvalue weighted by atomic mass is 16.1. The van der Waals surface area contributed by atoms with E-state index in [0.717, 1.165) is 40.2 Å². The van der Waals surface area contributed by atoms with Crippen LogP contribution in [-0.2, 0) is 6.42 Å². The van der Waals surface area contributed by atoms with Crippen molar-refractivity contribution in [3.05, 3.63) is 70.4 Å². The van der Waals surface area contributed by atoms with Gasteiger partial charge in [-0.3, -0.25) is 4.79 Å². The molecule has 1 heterocycles. The zero-order valence-corrected chi connectivity index (χ0v) is 18.3. The van der Waals surface area contributed by atoms with Crippen molar-refractivity contribution in [1.82, 2.24) is 9.97 Å². The molecule has 3 aromatic rings. The quantitative estimate of drug-likeness (QED) is 0.558. The van der Waals surface area contributed by atoms with Gasteiger partial charge in [0.1, 0.15) is 5.82 Å². The third-order valence-electron chi connectivity index (χ3n) is 5.31. The summed E-state index contributed by atoms with van der Waals surface area (Å²) in [5, 5.41) is 6.71. The van der Waals surface area contributed by atoms with Crippen LogP contribution in [0.2, 0.25) is 0 Å². The first-order valence-electron chi connectivity index (χ1n) is 10.3. The standard InChI is InChI=1S/C25H28N4O/c1-15-7-6-8-18(10-15)27-24-28-20-13-25(4,5)14-21(30)22(20)23(29-24)26-19-11-16(2)9-17(3)12-19/h6-12H,13-14H2,1-5H3,(H2,26,27,28,29). The average molecular weight is 401 g/mol. The second kappa shape index (κ2) is 7.56. The maximum Gasteiger partial charge on any atom is 0.229 e. The van der Waals surface area contributed by atoms with Gasteiger partial charge in [0.2, 0.25) is 5.95 Å². The first-order chi connectivity index (χ1) is 14.2. The molecular formula is C25H28N4O. The van der Waals surface area contributed by atoms with Crippen molar-refractivity contribution >= 4 is 28.9 Å². The highest BCUT2D eigenvalue weighted by Crippen LogP contribution is 2.38. The van der Waals surface area contributed by atoms with Crippen molar-refractivity contribution in [1.29, 1.82) is 0 Å². The molecule has 0 radical (unpaired) electrons. The van der Waals surface area contributed by atoms with Gasteiger partial charge in [0.25, 0.3) is 0 Å². The second-order valence-corrected chi connectivity index (χ2v) is 9.15. The Morgan fingerprint density at radius 2 is 1.53 bits per heavy atom. The number of rotatable bonds is 4. The number of Topliss-reactive ketones (excluding diaryl/α,β-unsaturated/α-hetero) is 1. The maximum absolute atomic E-state index is 13.0. The van der Waals surface area contributed by atoms with Crippen molar-refractivity contribution < 1.29 is 4.79 Å². The summed E-state index contributed by atoms with van der Waals surface area (Å²) in [6.07, 6.45) is 1.23. The first kappa shape index (κ1) is 20.1. The Kier molecular flexibility index (Phi) is 5.06. The summed E-state index contributed by atoms with van der Waals surface area (Å²) >= 11 is 0. The minimum atomic E-state index is -0.115. The Labute approximate surface area is 178 Å². The van der Waals surface area contributed by atoms with Crippen LogP contribution >= 0.6 is 0 Å². The van der Waals surface area contributed by atoms with E-state index < -0.39 is 0 Å². The SMILES string of the molecule is Cc1cccc(Nc2nc3c(c(Nc4cc(C)cc(C)c4)n2)C(=O)CC(C)(C)C3)c1. The van der Waals surface area contributed by atoms with E-state index in [9.17, 15) is 4.79 Å². The summed E-state index contributed by atoms with van der Waals surface area (Å²) in [5.41, 5.74) is 6.62. The van der Waals surface area contributed by atoms with Crippen LogP contribution in [0.1, 0.15) is 53.0 Å². The summed E-state index contributed by atoms with van der Waals surface area (Å²) in [5.74, 6) is 1.16. The lowest BCUT2D eigenvalue weighted by Crippen LogP contribution is -2.29. The molecule has 30 heavy (non-hydrogen) atoms. The number of nitrogens with one attached hydrogen (secondary N) is 2. The summed E-state index contributed by atoms with van der Waals surface area (Å²) in [6.45, 7) is 10.4. The second-order valence-electron chi connectivity index (χ2n) is 9.15. The fraction of sp³-hybridized carbons (Fsp3) is 0.320. The van der Waals surface area contributed by atoms with Crippen LogP contribution in [0.4, 0.5) is 23.1 Å². The van der Waals surface area contributed by atoms with Gasteiger partial charge < -0.3 is 10.6 Å². The van der Waals surface area contributed by atoms with Crippen LogP contribution < -0.4 is 10.6 Å². The van der Waals surface area contributed by atoms with E-state index in [0.29, 0.717) is 23.8 Å². The van der Waals surface area contributed by atoms with Crippen LogP contribution in [0.5, 0.6) is 0 Å². The van der Waals surface area contributed by atoms with Gasteiger partial charge in [-0.15, -0.1) is 0 Å². The first-order valence-corrected chi connectivity index (χ1v) is 10.3. The van der Waals surface area contributed by atoms with Crippen molar-refractivity contribution in [2.24, 2.45) is 5.41 Å². The van der Waals surface area contributed by atoms with Crippen LogP contribution in [-0.4, -0.2) is 15.8 Å². The molecule has 154 valence electrons. The number of benzene rings is 2. The molecule has 1 aliphatic rings. The van der Waals surface area contributed by atoms with Crippen LogP contribution in [0.25, 0.3) is 0 Å². The van der Waals surface area contributed by atoms with Gasteiger partial charge in [0, 0.05) is 17.8 Å². The lowest BCUT2D eigenvalue weighted by atomic mass is 9.75. The molecule has 0 saturated heterocycles. The van der Waals surface area contributed by atoms with E-state index in [-0.39, 0.29) is 11.2 Å². The molecular weight excluding hydrogens is 372 g/mol. The summed E-state index contributed by atoms with van der Waals surface area (Å²) in [7, 11) is 0. The van der Waals surface area contributed by atoms with Gasteiger partial charge in [0.15, 0.2) is 5.78 Å². The van der Waals surface area contributed by atoms with Crippen molar-refractivity contribution in [3.63, 3.8) is 0 Å². The van der Waals surface area contributed by atoms with Gasteiger partial charge >= 0.3 is 0 Å². The summed E-state index contributed by atoms with van der Waals surface area (Å²) in [6, 6.07) is 14.3. The Morgan fingerprint density at radius 3 is 2.23 bits per heavy atom. The summed E-state index contributed by atoms with van der Waals surface area (Å²) < 4.78 is 0. The van der Waals surface area contributed by atoms with Gasteiger partial charge in [-0.05, 0) is 73.6 Å². The molecule has 1 aliphatic carbocycles. The predicted molar refractivity (Wildman–Crippen MR) is 122 cm³/mol. The van der Waals surface area contributed by atoms with Gasteiger partial charge in [0.05, 0.1) is 11.3 Å². The zero-order chi connectivity index (χ0) is 21.5.